The van der Waals surface area contributed by atoms with Crippen molar-refractivity contribution in [1.82, 2.24) is 25.1 Å². The molecule has 37 heavy (non-hydrogen) atoms. The molecule has 0 spiro atoms. The Bertz CT molecular complexity index is 1780. The second-order valence-corrected chi connectivity index (χ2v) is 9.25. The molecular weight excluding hydrogens is 467 g/mol. The largest absolute Gasteiger partial charge is 0.338 e. The molecule has 3 N–H and O–H groups in total. The van der Waals surface area contributed by atoms with Crippen LogP contribution in [0.3, 0.4) is 0 Å². The van der Waals surface area contributed by atoms with Gasteiger partial charge in [-0.05, 0) is 59.2 Å². The van der Waals surface area contributed by atoms with Gasteiger partial charge in [0.15, 0.2) is 0 Å². The van der Waals surface area contributed by atoms with E-state index in [0.717, 1.165) is 49.9 Å². The van der Waals surface area contributed by atoms with Crippen molar-refractivity contribution in [3.05, 3.63) is 85.1 Å². The molecule has 8 heteroatoms. The van der Waals surface area contributed by atoms with Gasteiger partial charge in [0.05, 0.1) is 23.1 Å². The van der Waals surface area contributed by atoms with Crippen molar-refractivity contribution >= 4 is 33.5 Å². The minimum absolute atomic E-state index is 0.0587. The maximum atomic E-state index is 13.9. The average Bonchev–Trinajstić information content (AvgIpc) is 3.52. The van der Waals surface area contributed by atoms with Crippen LogP contribution < -0.4 is 5.32 Å². The number of amides is 1. The Balaban J connectivity index is 1.41. The summed E-state index contributed by atoms with van der Waals surface area (Å²) in [6, 6.07) is 18.3. The number of carbonyl (C=O) groups excluding carboxylic acids is 1. The lowest BCUT2D eigenvalue weighted by molar-refractivity contribution is -0.118. The van der Waals surface area contributed by atoms with E-state index in [4.69, 9.17) is 0 Å². The average molecular weight is 491 g/mol. The highest BCUT2D eigenvalue weighted by molar-refractivity contribution is 6.01. The molecule has 0 aliphatic carbocycles. The summed E-state index contributed by atoms with van der Waals surface area (Å²) in [4.78, 5) is 24.3. The van der Waals surface area contributed by atoms with Crippen LogP contribution in [0.4, 0.5) is 10.1 Å². The van der Waals surface area contributed by atoms with Gasteiger partial charge in [0.2, 0.25) is 5.91 Å². The summed E-state index contributed by atoms with van der Waals surface area (Å²) >= 11 is 0. The highest BCUT2D eigenvalue weighted by Crippen LogP contribution is 2.35. The molecule has 0 bridgehead atoms. The minimum atomic E-state index is -0.286. The molecule has 182 valence electrons. The Morgan fingerprint density at radius 1 is 0.946 bits per heavy atom. The van der Waals surface area contributed by atoms with Gasteiger partial charge in [-0.15, -0.1) is 0 Å². The molecule has 4 aromatic heterocycles. The summed E-state index contributed by atoms with van der Waals surface area (Å²) in [5.41, 5.74) is 7.26. The molecule has 0 aliphatic heterocycles. The number of rotatable bonds is 5. The van der Waals surface area contributed by atoms with Crippen molar-refractivity contribution < 1.29 is 9.18 Å². The van der Waals surface area contributed by atoms with Crippen molar-refractivity contribution in [2.45, 2.75) is 13.8 Å². The van der Waals surface area contributed by atoms with Crippen LogP contribution >= 0.6 is 0 Å². The number of benzene rings is 2. The first kappa shape index (κ1) is 22.6. The highest BCUT2D eigenvalue weighted by Gasteiger charge is 2.16. The van der Waals surface area contributed by atoms with Crippen LogP contribution in [0.2, 0.25) is 0 Å². The van der Waals surface area contributed by atoms with Crippen molar-refractivity contribution in [1.29, 1.82) is 0 Å². The van der Waals surface area contributed by atoms with Crippen LogP contribution in [0.5, 0.6) is 0 Å². The van der Waals surface area contributed by atoms with Gasteiger partial charge < -0.3 is 10.3 Å². The molecule has 0 aliphatic rings. The highest BCUT2D eigenvalue weighted by atomic mass is 19.1. The minimum Gasteiger partial charge on any atom is -0.338 e. The van der Waals surface area contributed by atoms with E-state index in [2.05, 4.69) is 30.5 Å². The van der Waals surface area contributed by atoms with E-state index in [0.29, 0.717) is 11.3 Å². The normalized spacial score (nSPS) is 11.5. The zero-order valence-electron chi connectivity index (χ0n) is 20.2. The molecular formula is C29H23FN6O. The van der Waals surface area contributed by atoms with Crippen molar-refractivity contribution in [2.75, 3.05) is 5.32 Å². The number of H-pyrrole nitrogens is 2. The summed E-state index contributed by atoms with van der Waals surface area (Å²) in [6.45, 7) is 3.70. The van der Waals surface area contributed by atoms with Crippen LogP contribution in [-0.4, -0.2) is 31.1 Å². The fourth-order valence-electron chi connectivity index (χ4n) is 4.41. The van der Waals surface area contributed by atoms with Crippen LogP contribution in [0.1, 0.15) is 13.8 Å². The van der Waals surface area contributed by atoms with E-state index >= 15 is 0 Å². The van der Waals surface area contributed by atoms with Gasteiger partial charge in [0.25, 0.3) is 0 Å². The number of hydrogen-bond acceptors (Lipinski definition) is 4. The van der Waals surface area contributed by atoms with E-state index in [9.17, 15) is 9.18 Å². The number of hydrogen-bond donors (Lipinski definition) is 3. The topological polar surface area (TPSA) is 99.3 Å². The predicted octanol–water partition coefficient (Wildman–Crippen LogP) is 6.57. The maximum absolute atomic E-state index is 13.9. The SMILES string of the molecule is CC(C)C(=O)Nc1cncc(-c2ccc3[nH]nc(-c4cc5c(-c6cccc(F)c6)ccnc5[nH]4)c3c2)c1. The summed E-state index contributed by atoms with van der Waals surface area (Å²) in [7, 11) is 0. The number of anilines is 1. The predicted molar refractivity (Wildman–Crippen MR) is 143 cm³/mol. The van der Waals surface area contributed by atoms with E-state index in [-0.39, 0.29) is 17.6 Å². The molecule has 0 saturated carbocycles. The zero-order chi connectivity index (χ0) is 25.5. The first-order valence-electron chi connectivity index (χ1n) is 11.9. The third kappa shape index (κ3) is 4.23. The molecule has 4 heterocycles. The van der Waals surface area contributed by atoms with Gasteiger partial charge in [-0.2, -0.15) is 5.10 Å². The first-order valence-corrected chi connectivity index (χ1v) is 11.9. The number of aromatic amines is 2. The van der Waals surface area contributed by atoms with Crippen LogP contribution in [0, 0.1) is 11.7 Å². The first-order chi connectivity index (χ1) is 18.0. The van der Waals surface area contributed by atoms with E-state index in [1.54, 1.807) is 24.7 Å². The van der Waals surface area contributed by atoms with E-state index in [1.807, 2.05) is 56.3 Å². The summed E-state index contributed by atoms with van der Waals surface area (Å²) in [6.07, 6.45) is 5.12. The van der Waals surface area contributed by atoms with Gasteiger partial charge in [-0.25, -0.2) is 9.37 Å². The van der Waals surface area contributed by atoms with Crippen molar-refractivity contribution in [2.24, 2.45) is 5.92 Å². The van der Waals surface area contributed by atoms with Gasteiger partial charge in [0.1, 0.15) is 17.2 Å². The lowest BCUT2D eigenvalue weighted by Crippen LogP contribution is -2.17. The Labute approximate surface area is 211 Å². The fourth-order valence-corrected chi connectivity index (χ4v) is 4.41. The van der Waals surface area contributed by atoms with Crippen LogP contribution in [0.15, 0.2) is 79.3 Å². The Kier molecular flexibility index (Phi) is 5.49. The monoisotopic (exact) mass is 490 g/mol. The molecule has 0 unspecified atom stereocenters. The molecule has 0 atom stereocenters. The smallest absolute Gasteiger partial charge is 0.226 e. The third-order valence-corrected chi connectivity index (χ3v) is 6.35. The summed E-state index contributed by atoms with van der Waals surface area (Å²) in [5, 5.41) is 12.4. The lowest BCUT2D eigenvalue weighted by atomic mass is 10.0. The molecule has 6 rings (SSSR count). The number of halogens is 1. The molecule has 0 saturated heterocycles. The second-order valence-electron chi connectivity index (χ2n) is 9.25. The van der Waals surface area contributed by atoms with Gasteiger partial charge in [-0.1, -0.05) is 32.0 Å². The second kappa shape index (κ2) is 8.98. The standard InChI is InChI=1S/C29H23FN6O/c1-16(2)29(37)33-21-11-19(14-31-15-21)17-6-7-25-24(12-17)27(36-35-25)26-13-23-22(8-9-32-28(23)34-26)18-4-3-5-20(30)10-18/h3-16H,1-2H3,(H,32,34)(H,33,37)(H,35,36). The number of pyridine rings is 2. The molecule has 0 fully saturated rings. The number of nitrogens with zero attached hydrogens (tertiary/aromatic N) is 3. The Morgan fingerprint density at radius 2 is 1.84 bits per heavy atom. The quantitative estimate of drug-likeness (QED) is 0.254. The van der Waals surface area contributed by atoms with Crippen molar-refractivity contribution in [3.63, 3.8) is 0 Å². The van der Waals surface area contributed by atoms with Crippen molar-refractivity contribution in [3.8, 4) is 33.6 Å². The fraction of sp³-hybridized carbons (Fsp3) is 0.103. The van der Waals surface area contributed by atoms with E-state index < -0.39 is 0 Å². The van der Waals surface area contributed by atoms with Crippen LogP contribution in [-0.2, 0) is 4.79 Å². The molecule has 0 radical (unpaired) electrons. The van der Waals surface area contributed by atoms with Gasteiger partial charge in [0, 0.05) is 34.6 Å². The number of fused-ring (bicyclic) bond motifs is 2. The number of aromatic nitrogens is 5. The summed E-state index contributed by atoms with van der Waals surface area (Å²) in [5.74, 6) is -0.469. The van der Waals surface area contributed by atoms with Crippen LogP contribution in [0.25, 0.3) is 55.6 Å². The number of nitrogens with one attached hydrogen (secondary N) is 3. The molecule has 7 nitrogen and oxygen atoms in total. The molecule has 1 amide bonds. The number of carbonyl (C=O) groups is 1. The van der Waals surface area contributed by atoms with E-state index in [1.165, 1.54) is 12.1 Å². The third-order valence-electron chi connectivity index (χ3n) is 6.35. The Hall–Kier alpha value is -4.85. The maximum Gasteiger partial charge on any atom is 0.226 e. The zero-order valence-corrected chi connectivity index (χ0v) is 20.2. The molecule has 2 aromatic carbocycles. The summed E-state index contributed by atoms with van der Waals surface area (Å²) < 4.78 is 13.9. The van der Waals surface area contributed by atoms with Gasteiger partial charge in [-0.3, -0.25) is 14.9 Å². The lowest BCUT2D eigenvalue weighted by Gasteiger charge is -2.09. The Morgan fingerprint density at radius 3 is 2.68 bits per heavy atom. The molecule has 6 aromatic rings. The van der Waals surface area contributed by atoms with Gasteiger partial charge >= 0.3 is 0 Å².